The van der Waals surface area contributed by atoms with Gasteiger partial charge in [-0.25, -0.2) is 8.78 Å². The Balaban J connectivity index is 2.39. The van der Waals surface area contributed by atoms with Crippen molar-refractivity contribution in [3.63, 3.8) is 0 Å². The molecule has 0 heterocycles. The topological polar surface area (TPSA) is 35.2 Å². The summed E-state index contributed by atoms with van der Waals surface area (Å²) in [4.78, 5) is 0. The molecule has 0 spiro atoms. The van der Waals surface area contributed by atoms with Gasteiger partial charge < -0.3 is 10.5 Å². The minimum Gasteiger partial charge on any atom is -0.454 e. The van der Waals surface area contributed by atoms with E-state index in [1.54, 1.807) is 0 Å². The van der Waals surface area contributed by atoms with Crippen LogP contribution in [-0.4, -0.2) is 0 Å². The van der Waals surface area contributed by atoms with Gasteiger partial charge in [0.05, 0.1) is 5.56 Å². The van der Waals surface area contributed by atoms with Crippen molar-refractivity contribution in [3.05, 3.63) is 59.2 Å². The molecule has 0 aliphatic carbocycles. The van der Waals surface area contributed by atoms with Crippen molar-refractivity contribution in [2.45, 2.75) is 12.7 Å². The van der Waals surface area contributed by atoms with Crippen molar-refractivity contribution in [3.8, 4) is 11.5 Å². The fraction of sp³-hybridized carbons (Fsp3) is 0.143. The van der Waals surface area contributed by atoms with Crippen molar-refractivity contribution in [2.75, 3.05) is 0 Å². The first kappa shape index (κ1) is 15.2. The zero-order valence-electron chi connectivity index (χ0n) is 10.5. The van der Waals surface area contributed by atoms with Crippen molar-refractivity contribution < 1.29 is 26.7 Å². The largest absolute Gasteiger partial charge is 0.454 e. The summed E-state index contributed by atoms with van der Waals surface area (Å²) in [6.07, 6.45) is -4.62. The Labute approximate surface area is 116 Å². The monoisotopic (exact) mass is 303 g/mol. The van der Waals surface area contributed by atoms with Crippen LogP contribution in [0.25, 0.3) is 0 Å². The van der Waals surface area contributed by atoms with Crippen LogP contribution in [0.3, 0.4) is 0 Å². The summed E-state index contributed by atoms with van der Waals surface area (Å²) in [5.41, 5.74) is 4.15. The third-order valence-electron chi connectivity index (χ3n) is 2.73. The van der Waals surface area contributed by atoms with E-state index in [9.17, 15) is 22.0 Å². The highest BCUT2D eigenvalue weighted by molar-refractivity contribution is 5.40. The third kappa shape index (κ3) is 3.49. The highest BCUT2D eigenvalue weighted by atomic mass is 19.4. The first-order valence-electron chi connectivity index (χ1n) is 5.84. The van der Waals surface area contributed by atoms with Crippen LogP contribution in [0.4, 0.5) is 22.0 Å². The van der Waals surface area contributed by atoms with E-state index in [-0.39, 0.29) is 17.9 Å². The standard InChI is InChI=1S/C14H10F5NO/c15-9-2-4-12(16)13(5-9)21-10-3-1-8(7-20)11(6-10)14(17,18)19/h1-6H,7,20H2. The lowest BCUT2D eigenvalue weighted by atomic mass is 10.1. The zero-order valence-corrected chi connectivity index (χ0v) is 10.5. The van der Waals surface area contributed by atoms with Crippen LogP contribution >= 0.6 is 0 Å². The van der Waals surface area contributed by atoms with Gasteiger partial charge in [-0.1, -0.05) is 6.07 Å². The van der Waals surface area contributed by atoms with Crippen LogP contribution in [-0.2, 0) is 12.7 Å². The highest BCUT2D eigenvalue weighted by Crippen LogP contribution is 2.35. The van der Waals surface area contributed by atoms with Gasteiger partial charge in [-0.05, 0) is 29.8 Å². The van der Waals surface area contributed by atoms with Gasteiger partial charge in [-0.2, -0.15) is 13.2 Å². The van der Waals surface area contributed by atoms with Gasteiger partial charge in [0.1, 0.15) is 11.6 Å². The van der Waals surface area contributed by atoms with Gasteiger partial charge in [0.2, 0.25) is 0 Å². The van der Waals surface area contributed by atoms with E-state index >= 15 is 0 Å². The zero-order chi connectivity index (χ0) is 15.6. The summed E-state index contributed by atoms with van der Waals surface area (Å²) in [7, 11) is 0. The Morgan fingerprint density at radius 3 is 2.33 bits per heavy atom. The van der Waals surface area contributed by atoms with Gasteiger partial charge in [0.25, 0.3) is 0 Å². The van der Waals surface area contributed by atoms with E-state index in [4.69, 9.17) is 10.5 Å². The Morgan fingerprint density at radius 2 is 1.71 bits per heavy atom. The van der Waals surface area contributed by atoms with Gasteiger partial charge in [-0.3, -0.25) is 0 Å². The fourth-order valence-electron chi connectivity index (χ4n) is 1.74. The maximum atomic E-state index is 13.4. The molecule has 7 heteroatoms. The van der Waals surface area contributed by atoms with Gasteiger partial charge in [0, 0.05) is 12.6 Å². The van der Waals surface area contributed by atoms with Gasteiger partial charge in [-0.15, -0.1) is 0 Å². The van der Waals surface area contributed by atoms with Crippen LogP contribution in [0, 0.1) is 11.6 Å². The normalized spacial score (nSPS) is 11.5. The van der Waals surface area contributed by atoms with E-state index in [0.29, 0.717) is 6.07 Å². The van der Waals surface area contributed by atoms with Crippen molar-refractivity contribution >= 4 is 0 Å². The van der Waals surface area contributed by atoms with E-state index in [1.165, 1.54) is 6.07 Å². The van der Waals surface area contributed by atoms with E-state index < -0.39 is 29.1 Å². The SMILES string of the molecule is NCc1ccc(Oc2cc(F)ccc2F)cc1C(F)(F)F. The molecule has 0 unspecified atom stereocenters. The predicted octanol–water partition coefficient (Wildman–Crippen LogP) is 4.23. The number of benzene rings is 2. The smallest absolute Gasteiger partial charge is 0.416 e. The summed E-state index contributed by atoms with van der Waals surface area (Å²) in [6, 6.07) is 5.49. The Hall–Kier alpha value is -2.15. The molecule has 0 amide bonds. The van der Waals surface area contributed by atoms with Crippen molar-refractivity contribution in [1.82, 2.24) is 0 Å². The maximum absolute atomic E-state index is 13.4. The molecule has 0 saturated carbocycles. The number of ether oxygens (including phenoxy) is 1. The van der Waals surface area contributed by atoms with Gasteiger partial charge >= 0.3 is 6.18 Å². The average molecular weight is 303 g/mol. The summed E-state index contributed by atoms with van der Waals surface area (Å²) in [6.45, 7) is -0.302. The molecule has 0 aliphatic rings. The lowest BCUT2D eigenvalue weighted by molar-refractivity contribution is -0.138. The van der Waals surface area contributed by atoms with Crippen LogP contribution < -0.4 is 10.5 Å². The average Bonchev–Trinajstić information content (AvgIpc) is 2.42. The Morgan fingerprint density at radius 1 is 1.00 bits per heavy atom. The van der Waals surface area contributed by atoms with E-state index in [1.807, 2.05) is 0 Å². The quantitative estimate of drug-likeness (QED) is 0.861. The molecule has 2 rings (SSSR count). The number of alkyl halides is 3. The summed E-state index contributed by atoms with van der Waals surface area (Å²) < 4.78 is 69.9. The first-order valence-corrected chi connectivity index (χ1v) is 5.84. The van der Waals surface area contributed by atoms with Crippen molar-refractivity contribution in [1.29, 1.82) is 0 Å². The number of hydrogen-bond donors (Lipinski definition) is 1. The molecule has 2 aromatic carbocycles. The molecule has 0 aliphatic heterocycles. The molecule has 0 atom stereocenters. The summed E-state index contributed by atoms with van der Waals surface area (Å²) >= 11 is 0. The third-order valence-corrected chi connectivity index (χ3v) is 2.73. The molecule has 0 bridgehead atoms. The van der Waals surface area contributed by atoms with Crippen LogP contribution in [0.2, 0.25) is 0 Å². The Bertz CT molecular complexity index is 654. The number of hydrogen-bond acceptors (Lipinski definition) is 2. The van der Waals surface area contributed by atoms with Crippen LogP contribution in [0.1, 0.15) is 11.1 Å². The van der Waals surface area contributed by atoms with Crippen molar-refractivity contribution in [2.24, 2.45) is 5.73 Å². The minimum atomic E-state index is -4.62. The predicted molar refractivity (Wildman–Crippen MR) is 65.8 cm³/mol. The number of halogens is 5. The van der Waals surface area contributed by atoms with Crippen LogP contribution in [0.5, 0.6) is 11.5 Å². The molecular weight excluding hydrogens is 293 g/mol. The second-order valence-corrected chi connectivity index (χ2v) is 4.20. The molecule has 2 N–H and O–H groups in total. The molecule has 2 nitrogen and oxygen atoms in total. The maximum Gasteiger partial charge on any atom is 0.416 e. The molecule has 0 aromatic heterocycles. The van der Waals surface area contributed by atoms with Crippen LogP contribution in [0.15, 0.2) is 36.4 Å². The molecule has 21 heavy (non-hydrogen) atoms. The number of rotatable bonds is 3. The van der Waals surface area contributed by atoms with E-state index in [2.05, 4.69) is 0 Å². The Kier molecular flexibility index (Phi) is 4.13. The number of nitrogens with two attached hydrogens (primary N) is 1. The molecule has 0 fully saturated rings. The molecule has 2 aromatic rings. The molecule has 0 radical (unpaired) electrons. The molecular formula is C14H10F5NO. The first-order chi connectivity index (χ1) is 9.81. The highest BCUT2D eigenvalue weighted by Gasteiger charge is 2.33. The molecule has 0 saturated heterocycles. The lowest BCUT2D eigenvalue weighted by Gasteiger charge is -2.14. The summed E-state index contributed by atoms with van der Waals surface area (Å²) in [5.74, 6) is -2.40. The minimum absolute atomic E-state index is 0.116. The van der Waals surface area contributed by atoms with E-state index in [0.717, 1.165) is 24.3 Å². The molecule has 112 valence electrons. The second-order valence-electron chi connectivity index (χ2n) is 4.20. The fourth-order valence-corrected chi connectivity index (χ4v) is 1.74. The lowest BCUT2D eigenvalue weighted by Crippen LogP contribution is -2.12. The summed E-state index contributed by atoms with van der Waals surface area (Å²) in [5, 5.41) is 0. The second kappa shape index (κ2) is 5.69. The van der Waals surface area contributed by atoms with Gasteiger partial charge in [0.15, 0.2) is 11.6 Å².